The summed E-state index contributed by atoms with van der Waals surface area (Å²) in [6.07, 6.45) is 1.87. The molecule has 4 rings (SSSR count). The minimum absolute atomic E-state index is 0.277. The third kappa shape index (κ3) is 5.13. The number of likely N-dealkylation sites (tertiary alicyclic amines) is 1. The van der Waals surface area contributed by atoms with Crippen molar-refractivity contribution in [1.29, 1.82) is 0 Å². The Labute approximate surface area is 176 Å². The number of carbonyl (C=O) groups excluding carboxylic acids is 1. The van der Waals surface area contributed by atoms with E-state index < -0.39 is 23.5 Å². The smallest absolute Gasteiger partial charge is 0.403 e. The van der Waals surface area contributed by atoms with Gasteiger partial charge in [0.25, 0.3) is 0 Å². The largest absolute Gasteiger partial charge is 0.494 e. The molecule has 0 bridgehead atoms. The second kappa shape index (κ2) is 9.07. The first-order chi connectivity index (χ1) is 14.5. The molecule has 2 aromatic carbocycles. The Morgan fingerprint density at radius 1 is 1.10 bits per heavy atom. The number of fused-ring (bicyclic) bond motifs is 1. The molecule has 1 saturated heterocycles. The Morgan fingerprint density at radius 3 is 2.63 bits per heavy atom. The summed E-state index contributed by atoms with van der Waals surface area (Å²) in [5, 5.41) is 0. The average Bonchev–Trinajstić information content (AvgIpc) is 3.15. The molecule has 0 unspecified atom stereocenters. The molecular weight excluding hydrogens is 407 g/mol. The molecule has 1 fully saturated rings. The quantitative estimate of drug-likeness (QED) is 0.708. The maximum absolute atomic E-state index is 12.3. The summed E-state index contributed by atoms with van der Waals surface area (Å²) in [5.74, 6) is 0. The van der Waals surface area contributed by atoms with E-state index in [1.165, 1.54) is 4.90 Å². The number of rotatable bonds is 6. The van der Waals surface area contributed by atoms with E-state index in [-0.39, 0.29) is 5.69 Å². The normalized spacial score (nSPS) is 16.3. The van der Waals surface area contributed by atoms with E-state index >= 15 is 0 Å². The molecule has 30 heavy (non-hydrogen) atoms. The second-order valence-corrected chi connectivity index (χ2v) is 8.59. The lowest BCUT2D eigenvalue weighted by Gasteiger charge is -2.25. The van der Waals surface area contributed by atoms with Crippen LogP contribution in [0.5, 0.6) is 0 Å². The number of carbonyl (C=O) groups is 1. The van der Waals surface area contributed by atoms with Gasteiger partial charge >= 0.3 is 23.5 Å². The first-order valence-corrected chi connectivity index (χ1v) is 11.3. The molecule has 2 heterocycles. The summed E-state index contributed by atoms with van der Waals surface area (Å²) in [5.41, 5.74) is 2.95. The maximum Gasteiger partial charge on any atom is 0.494 e. The summed E-state index contributed by atoms with van der Waals surface area (Å²) >= 11 is 0. The number of piperidine rings is 1. The third-order valence-corrected chi connectivity index (χ3v) is 5.92. The van der Waals surface area contributed by atoms with Crippen LogP contribution < -0.4 is 10.2 Å². The molecule has 0 saturated carbocycles. The van der Waals surface area contributed by atoms with Gasteiger partial charge in [0.15, 0.2) is 0 Å². The standard InChI is InChI=1S/C20H23BN2O6S/c24-20(23-11-5-2-6-12-23)29-30(25,26)22-18-10-9-17-15-28-21(19(17)13-18)27-14-16-7-3-1-4-8-16/h1,3-4,7-10,13,22H,2,5-6,11-12,14-15H2. The van der Waals surface area contributed by atoms with Crippen LogP contribution in [0.1, 0.15) is 30.4 Å². The van der Waals surface area contributed by atoms with Crippen LogP contribution in [0.2, 0.25) is 0 Å². The van der Waals surface area contributed by atoms with Crippen molar-refractivity contribution in [3.05, 3.63) is 59.7 Å². The number of anilines is 1. The fourth-order valence-electron chi connectivity index (χ4n) is 3.54. The molecule has 1 N–H and O–H groups in total. The van der Waals surface area contributed by atoms with Crippen LogP contribution in [0, 0.1) is 0 Å². The Kier molecular flexibility index (Phi) is 6.26. The number of benzene rings is 2. The van der Waals surface area contributed by atoms with E-state index in [1.54, 1.807) is 18.2 Å². The predicted octanol–water partition coefficient (Wildman–Crippen LogP) is 2.41. The zero-order valence-electron chi connectivity index (χ0n) is 16.5. The zero-order chi connectivity index (χ0) is 21.0. The molecular formula is C20H23BN2O6S. The molecule has 2 aromatic rings. The van der Waals surface area contributed by atoms with Gasteiger partial charge in [0.2, 0.25) is 0 Å². The van der Waals surface area contributed by atoms with Crippen LogP contribution in [0.15, 0.2) is 48.5 Å². The van der Waals surface area contributed by atoms with Crippen molar-refractivity contribution in [1.82, 2.24) is 4.90 Å². The van der Waals surface area contributed by atoms with E-state index in [0.29, 0.717) is 26.3 Å². The lowest BCUT2D eigenvalue weighted by atomic mass is 9.78. The molecule has 0 radical (unpaired) electrons. The van der Waals surface area contributed by atoms with Crippen LogP contribution in [0.4, 0.5) is 10.5 Å². The van der Waals surface area contributed by atoms with Crippen LogP contribution in [0.3, 0.4) is 0 Å². The number of amides is 1. The van der Waals surface area contributed by atoms with Crippen LogP contribution in [0.25, 0.3) is 0 Å². The lowest BCUT2D eigenvalue weighted by Crippen LogP contribution is -2.38. The Balaban J connectivity index is 1.40. The number of nitrogens with zero attached hydrogens (tertiary/aromatic N) is 1. The van der Waals surface area contributed by atoms with Crippen LogP contribution in [-0.4, -0.2) is 39.6 Å². The molecule has 0 atom stereocenters. The highest BCUT2D eigenvalue weighted by Crippen LogP contribution is 2.19. The van der Waals surface area contributed by atoms with Gasteiger partial charge in [-0.25, -0.2) is 4.79 Å². The van der Waals surface area contributed by atoms with E-state index in [2.05, 4.69) is 4.72 Å². The van der Waals surface area contributed by atoms with Gasteiger partial charge in [-0.05, 0) is 48.0 Å². The summed E-state index contributed by atoms with van der Waals surface area (Å²) in [6.45, 7) is 1.76. The van der Waals surface area contributed by atoms with E-state index in [0.717, 1.165) is 35.9 Å². The lowest BCUT2D eigenvalue weighted by molar-refractivity contribution is 0.145. The van der Waals surface area contributed by atoms with Gasteiger partial charge in [-0.3, -0.25) is 4.72 Å². The van der Waals surface area contributed by atoms with Crippen molar-refractivity contribution < 1.29 is 26.7 Å². The number of nitrogens with one attached hydrogen (secondary N) is 1. The Morgan fingerprint density at radius 2 is 1.87 bits per heavy atom. The van der Waals surface area contributed by atoms with E-state index in [1.807, 2.05) is 30.3 Å². The molecule has 8 nitrogen and oxygen atoms in total. The average molecular weight is 430 g/mol. The molecule has 0 spiro atoms. The molecule has 2 aliphatic heterocycles. The second-order valence-electron chi connectivity index (χ2n) is 7.31. The summed E-state index contributed by atoms with van der Waals surface area (Å²) in [6, 6.07) is 14.7. The SMILES string of the molecule is O=C(OS(=O)(=O)Nc1ccc2c(c1)B(OCc1ccccc1)OC2)N1CCCCC1. The number of hydrogen-bond donors (Lipinski definition) is 1. The van der Waals surface area contributed by atoms with Crippen molar-refractivity contribution in [3.8, 4) is 0 Å². The van der Waals surface area contributed by atoms with Gasteiger partial charge in [0, 0.05) is 13.1 Å². The summed E-state index contributed by atoms with van der Waals surface area (Å²) in [7, 11) is -4.89. The van der Waals surface area contributed by atoms with Gasteiger partial charge in [0.1, 0.15) is 0 Å². The van der Waals surface area contributed by atoms with Crippen molar-refractivity contribution >= 4 is 34.7 Å². The summed E-state index contributed by atoms with van der Waals surface area (Å²) < 4.78 is 43.2. The fourth-order valence-corrected chi connectivity index (χ4v) is 4.29. The topological polar surface area (TPSA) is 94.2 Å². The summed E-state index contributed by atoms with van der Waals surface area (Å²) in [4.78, 5) is 13.5. The van der Waals surface area contributed by atoms with Crippen molar-refractivity contribution in [2.45, 2.75) is 32.5 Å². The van der Waals surface area contributed by atoms with E-state index in [9.17, 15) is 13.2 Å². The molecule has 10 heteroatoms. The fraction of sp³-hybridized carbons (Fsp3) is 0.350. The predicted molar refractivity (Wildman–Crippen MR) is 112 cm³/mol. The van der Waals surface area contributed by atoms with Crippen LogP contribution >= 0.6 is 0 Å². The highest BCUT2D eigenvalue weighted by atomic mass is 32.2. The number of hydrogen-bond acceptors (Lipinski definition) is 6. The Bertz CT molecular complexity index is 996. The minimum Gasteiger partial charge on any atom is -0.403 e. The van der Waals surface area contributed by atoms with Crippen molar-refractivity contribution in [2.75, 3.05) is 17.8 Å². The Hall–Kier alpha value is -2.56. The highest BCUT2D eigenvalue weighted by molar-refractivity contribution is 7.88. The first kappa shape index (κ1) is 20.7. The van der Waals surface area contributed by atoms with Gasteiger partial charge < -0.3 is 18.4 Å². The molecule has 0 aromatic heterocycles. The minimum atomic E-state index is -4.30. The molecule has 0 aliphatic carbocycles. The zero-order valence-corrected chi connectivity index (χ0v) is 17.3. The van der Waals surface area contributed by atoms with Gasteiger partial charge in [-0.15, -0.1) is 0 Å². The first-order valence-electron chi connectivity index (χ1n) is 9.91. The monoisotopic (exact) mass is 430 g/mol. The molecule has 158 valence electrons. The van der Waals surface area contributed by atoms with Crippen molar-refractivity contribution in [3.63, 3.8) is 0 Å². The van der Waals surface area contributed by atoms with Crippen molar-refractivity contribution in [2.24, 2.45) is 0 Å². The highest BCUT2D eigenvalue weighted by Gasteiger charge is 2.32. The van der Waals surface area contributed by atoms with E-state index in [4.69, 9.17) is 13.5 Å². The molecule has 1 amide bonds. The van der Waals surface area contributed by atoms with Gasteiger partial charge in [-0.1, -0.05) is 36.4 Å². The van der Waals surface area contributed by atoms with Gasteiger partial charge in [-0.2, -0.15) is 8.42 Å². The van der Waals surface area contributed by atoms with Crippen LogP contribution in [-0.2, 0) is 37.0 Å². The molecule has 2 aliphatic rings. The third-order valence-electron chi connectivity index (χ3n) is 5.07. The maximum atomic E-state index is 12.3. The van der Waals surface area contributed by atoms with Gasteiger partial charge in [0.05, 0.1) is 18.9 Å².